The van der Waals surface area contributed by atoms with Crippen molar-refractivity contribution in [3.63, 3.8) is 0 Å². The summed E-state index contributed by atoms with van der Waals surface area (Å²) in [6.07, 6.45) is 3.78. The quantitative estimate of drug-likeness (QED) is 0.745. The van der Waals surface area contributed by atoms with Crippen LogP contribution < -0.4 is 4.74 Å². The highest BCUT2D eigenvalue weighted by molar-refractivity contribution is 7.11. The standard InChI is InChI=1S/C21H27N3O3S/c25-21(20-12-22-16-28-20)24-7-1-2-18(14-24)15-27-19-5-3-17(4-6-19)13-23-8-10-26-11-9-23/h3-6,12,16,18H,1-2,7-11,13-15H2/t18-/m1/s1. The van der Waals surface area contributed by atoms with Gasteiger partial charge in [-0.1, -0.05) is 12.1 Å². The molecule has 2 aliphatic rings. The Morgan fingerprint density at radius 3 is 2.79 bits per heavy atom. The number of hydrogen-bond donors (Lipinski definition) is 0. The molecule has 1 aromatic heterocycles. The van der Waals surface area contributed by atoms with Crippen molar-refractivity contribution in [2.75, 3.05) is 46.0 Å². The van der Waals surface area contributed by atoms with E-state index < -0.39 is 0 Å². The largest absolute Gasteiger partial charge is 0.493 e. The van der Waals surface area contributed by atoms with Gasteiger partial charge in [0.25, 0.3) is 5.91 Å². The number of ether oxygens (including phenoxy) is 2. The third-order valence-electron chi connectivity index (χ3n) is 5.37. The van der Waals surface area contributed by atoms with Gasteiger partial charge in [0.15, 0.2) is 0 Å². The molecule has 2 aliphatic heterocycles. The molecule has 28 heavy (non-hydrogen) atoms. The van der Waals surface area contributed by atoms with Crippen LogP contribution in [0.4, 0.5) is 0 Å². The number of carbonyl (C=O) groups is 1. The fraction of sp³-hybridized carbons (Fsp3) is 0.524. The Morgan fingerprint density at radius 2 is 2.04 bits per heavy atom. The Balaban J connectivity index is 1.25. The monoisotopic (exact) mass is 401 g/mol. The maximum Gasteiger partial charge on any atom is 0.265 e. The molecule has 0 bridgehead atoms. The van der Waals surface area contributed by atoms with E-state index in [-0.39, 0.29) is 5.91 Å². The number of thiazole rings is 1. The topological polar surface area (TPSA) is 54.9 Å². The average Bonchev–Trinajstić information content (AvgIpc) is 3.29. The van der Waals surface area contributed by atoms with E-state index in [0.29, 0.717) is 12.5 Å². The minimum Gasteiger partial charge on any atom is -0.493 e. The Kier molecular flexibility index (Phi) is 6.57. The number of likely N-dealkylation sites (tertiary alicyclic amines) is 1. The summed E-state index contributed by atoms with van der Waals surface area (Å²) >= 11 is 1.41. The first-order valence-electron chi connectivity index (χ1n) is 9.97. The molecular weight excluding hydrogens is 374 g/mol. The van der Waals surface area contributed by atoms with Crippen molar-refractivity contribution in [3.05, 3.63) is 46.4 Å². The SMILES string of the molecule is O=C(c1cncs1)N1CCC[C@@H](COc2ccc(CN3CCOCC3)cc2)C1. The van der Waals surface area contributed by atoms with Crippen LogP contribution >= 0.6 is 11.3 Å². The Morgan fingerprint density at radius 1 is 1.21 bits per heavy atom. The molecule has 3 heterocycles. The number of morpholine rings is 1. The lowest BCUT2D eigenvalue weighted by Gasteiger charge is -2.32. The van der Waals surface area contributed by atoms with Gasteiger partial charge in [-0.15, -0.1) is 11.3 Å². The summed E-state index contributed by atoms with van der Waals surface area (Å²) in [6.45, 7) is 6.83. The lowest BCUT2D eigenvalue weighted by Crippen LogP contribution is -2.41. The summed E-state index contributed by atoms with van der Waals surface area (Å²) in [7, 11) is 0. The van der Waals surface area contributed by atoms with Crippen LogP contribution in [0.1, 0.15) is 28.1 Å². The molecule has 150 valence electrons. The van der Waals surface area contributed by atoms with Crippen LogP contribution in [0.2, 0.25) is 0 Å². The molecule has 0 spiro atoms. The number of benzene rings is 1. The van der Waals surface area contributed by atoms with Crippen molar-refractivity contribution in [1.82, 2.24) is 14.8 Å². The molecule has 2 fully saturated rings. The molecule has 0 N–H and O–H groups in total. The third-order valence-corrected chi connectivity index (χ3v) is 6.13. The average molecular weight is 402 g/mol. The van der Waals surface area contributed by atoms with Crippen molar-refractivity contribution >= 4 is 17.2 Å². The van der Waals surface area contributed by atoms with Crippen molar-refractivity contribution < 1.29 is 14.3 Å². The highest BCUT2D eigenvalue weighted by Crippen LogP contribution is 2.22. The molecule has 0 aliphatic carbocycles. The first-order chi connectivity index (χ1) is 13.8. The van der Waals surface area contributed by atoms with Gasteiger partial charge in [-0.3, -0.25) is 14.7 Å². The van der Waals surface area contributed by atoms with Crippen LogP contribution in [0, 0.1) is 5.92 Å². The molecule has 6 nitrogen and oxygen atoms in total. The summed E-state index contributed by atoms with van der Waals surface area (Å²) in [5.41, 5.74) is 3.01. The smallest absolute Gasteiger partial charge is 0.265 e. The molecule has 1 amide bonds. The van der Waals surface area contributed by atoms with E-state index in [2.05, 4.69) is 34.1 Å². The second-order valence-electron chi connectivity index (χ2n) is 7.47. The molecule has 2 aromatic rings. The molecule has 1 aromatic carbocycles. The predicted molar refractivity (Wildman–Crippen MR) is 109 cm³/mol. The van der Waals surface area contributed by atoms with Crippen molar-refractivity contribution in [3.8, 4) is 5.75 Å². The molecule has 0 saturated carbocycles. The molecule has 1 atom stereocenters. The van der Waals surface area contributed by atoms with Gasteiger partial charge in [0.2, 0.25) is 0 Å². The molecule has 0 radical (unpaired) electrons. The van der Waals surface area contributed by atoms with Crippen molar-refractivity contribution in [2.24, 2.45) is 5.92 Å². The predicted octanol–water partition coefficient (Wildman–Crippen LogP) is 2.91. The highest BCUT2D eigenvalue weighted by Gasteiger charge is 2.25. The number of rotatable bonds is 6. The summed E-state index contributed by atoms with van der Waals surface area (Å²) in [6, 6.07) is 8.40. The Labute approximate surface area is 170 Å². The lowest BCUT2D eigenvalue weighted by atomic mass is 9.99. The number of piperidine rings is 1. The molecular formula is C21H27N3O3S. The molecule has 4 rings (SSSR count). The first kappa shape index (κ1) is 19.4. The second-order valence-corrected chi connectivity index (χ2v) is 8.35. The van der Waals surface area contributed by atoms with Crippen LogP contribution in [0.15, 0.2) is 36.0 Å². The number of nitrogens with zero attached hydrogens (tertiary/aromatic N) is 3. The Hall–Kier alpha value is -1.96. The van der Waals surface area contributed by atoms with Gasteiger partial charge >= 0.3 is 0 Å². The number of amides is 1. The van der Waals surface area contributed by atoms with Crippen molar-refractivity contribution in [2.45, 2.75) is 19.4 Å². The number of aromatic nitrogens is 1. The zero-order valence-corrected chi connectivity index (χ0v) is 16.9. The number of hydrogen-bond acceptors (Lipinski definition) is 6. The van der Waals surface area contributed by atoms with Gasteiger partial charge in [-0.25, -0.2) is 0 Å². The van der Waals surface area contributed by atoms with Gasteiger partial charge in [-0.2, -0.15) is 0 Å². The van der Waals surface area contributed by atoms with E-state index in [1.54, 1.807) is 11.7 Å². The maximum atomic E-state index is 12.5. The molecule has 7 heteroatoms. The van der Waals surface area contributed by atoms with E-state index in [1.807, 2.05) is 4.90 Å². The van der Waals surface area contributed by atoms with E-state index in [4.69, 9.17) is 9.47 Å². The fourth-order valence-electron chi connectivity index (χ4n) is 3.79. The van der Waals surface area contributed by atoms with E-state index in [9.17, 15) is 4.79 Å². The third kappa shape index (κ3) is 5.10. The normalized spacial score (nSPS) is 20.9. The zero-order chi connectivity index (χ0) is 19.2. The lowest BCUT2D eigenvalue weighted by molar-refractivity contribution is 0.0342. The van der Waals surface area contributed by atoms with Crippen LogP contribution in [0.25, 0.3) is 0 Å². The van der Waals surface area contributed by atoms with E-state index in [0.717, 1.165) is 69.4 Å². The van der Waals surface area contributed by atoms with Gasteiger partial charge in [0.05, 0.1) is 31.5 Å². The van der Waals surface area contributed by atoms with E-state index in [1.165, 1.54) is 16.9 Å². The minimum absolute atomic E-state index is 0.0969. The summed E-state index contributed by atoms with van der Waals surface area (Å²) in [4.78, 5) is 21.6. The van der Waals surface area contributed by atoms with Crippen LogP contribution in [-0.2, 0) is 11.3 Å². The van der Waals surface area contributed by atoms with Gasteiger partial charge in [0.1, 0.15) is 10.6 Å². The van der Waals surface area contributed by atoms with Crippen LogP contribution in [-0.4, -0.2) is 66.7 Å². The molecule has 2 saturated heterocycles. The zero-order valence-electron chi connectivity index (χ0n) is 16.1. The minimum atomic E-state index is 0.0969. The first-order valence-corrected chi connectivity index (χ1v) is 10.9. The number of carbonyl (C=O) groups excluding carboxylic acids is 1. The summed E-state index contributed by atoms with van der Waals surface area (Å²) in [5.74, 6) is 1.37. The van der Waals surface area contributed by atoms with Crippen molar-refractivity contribution in [1.29, 1.82) is 0 Å². The molecule has 0 unspecified atom stereocenters. The van der Waals surface area contributed by atoms with Crippen LogP contribution in [0.5, 0.6) is 5.75 Å². The van der Waals surface area contributed by atoms with Gasteiger partial charge < -0.3 is 14.4 Å². The van der Waals surface area contributed by atoms with Crippen LogP contribution in [0.3, 0.4) is 0 Å². The van der Waals surface area contributed by atoms with Gasteiger partial charge in [0, 0.05) is 38.6 Å². The van der Waals surface area contributed by atoms with Gasteiger partial charge in [-0.05, 0) is 30.5 Å². The maximum absolute atomic E-state index is 12.5. The second kappa shape index (κ2) is 9.49. The summed E-state index contributed by atoms with van der Waals surface area (Å²) in [5, 5.41) is 0. The highest BCUT2D eigenvalue weighted by atomic mass is 32.1. The summed E-state index contributed by atoms with van der Waals surface area (Å²) < 4.78 is 11.4. The van der Waals surface area contributed by atoms with E-state index >= 15 is 0 Å². The Bertz CT molecular complexity index is 745. The fourth-order valence-corrected chi connectivity index (χ4v) is 4.37.